The number of rotatable bonds is 2. The number of pyridine rings is 1. The van der Waals surface area contributed by atoms with Crippen LogP contribution in [0.1, 0.15) is 17.7 Å². The highest BCUT2D eigenvalue weighted by Gasteiger charge is 2.17. The number of hydrogen-bond donors (Lipinski definition) is 1. The summed E-state index contributed by atoms with van der Waals surface area (Å²) in [5.74, 6) is 0.228. The second-order valence-electron chi connectivity index (χ2n) is 2.32. The molecule has 0 aliphatic rings. The molecule has 0 aromatic carbocycles. The summed E-state index contributed by atoms with van der Waals surface area (Å²) in [5.41, 5.74) is 5.56. The molecule has 0 saturated carbocycles. The lowest BCUT2D eigenvalue weighted by atomic mass is 10.2. The van der Waals surface area contributed by atoms with Gasteiger partial charge in [0.15, 0.2) is 0 Å². The van der Waals surface area contributed by atoms with Gasteiger partial charge in [-0.15, -0.1) is 0 Å². The molecule has 1 aromatic rings. The lowest BCUT2D eigenvalue weighted by Gasteiger charge is -2.08. The number of nitrogen functional groups attached to an aromatic ring is 1. The molecule has 0 radical (unpaired) electrons. The van der Waals surface area contributed by atoms with Gasteiger partial charge in [0.1, 0.15) is 5.82 Å². The summed E-state index contributed by atoms with van der Waals surface area (Å²) in [4.78, 5) is 3.79. The van der Waals surface area contributed by atoms with E-state index in [9.17, 15) is 8.78 Å². The smallest absolute Gasteiger partial charge is 0.266 e. The van der Waals surface area contributed by atoms with Crippen molar-refractivity contribution in [2.45, 2.75) is 11.8 Å². The Labute approximate surface area is 90.8 Å². The Balaban J connectivity index is 3.30. The normalized spacial score (nSPS) is 10.8. The Kier molecular flexibility index (Phi) is 3.61. The summed E-state index contributed by atoms with van der Waals surface area (Å²) in [6, 6.07) is 1.37. The maximum absolute atomic E-state index is 12.5. The standard InChI is InChI=1S/C7H6Br2F2N2/c8-2-4-6(7(10)11)3(9)1-5(12)13-4/h1,7H,2H2,(H2,12,13). The zero-order valence-corrected chi connectivity index (χ0v) is 9.57. The minimum atomic E-state index is -2.55. The first-order chi connectivity index (χ1) is 6.06. The Morgan fingerprint density at radius 2 is 2.15 bits per heavy atom. The number of alkyl halides is 3. The molecule has 0 unspecified atom stereocenters. The maximum Gasteiger partial charge on any atom is 0.266 e. The monoisotopic (exact) mass is 314 g/mol. The zero-order chi connectivity index (χ0) is 10.0. The molecule has 72 valence electrons. The van der Waals surface area contributed by atoms with E-state index in [0.29, 0.717) is 4.47 Å². The van der Waals surface area contributed by atoms with Gasteiger partial charge in [0.25, 0.3) is 6.43 Å². The molecule has 0 bridgehead atoms. The van der Waals surface area contributed by atoms with Crippen LogP contribution in [0, 0.1) is 0 Å². The van der Waals surface area contributed by atoms with Gasteiger partial charge >= 0.3 is 0 Å². The molecule has 1 rings (SSSR count). The van der Waals surface area contributed by atoms with Crippen molar-refractivity contribution >= 4 is 37.7 Å². The van der Waals surface area contributed by atoms with E-state index in [1.807, 2.05) is 0 Å². The van der Waals surface area contributed by atoms with Gasteiger partial charge in [0, 0.05) is 9.80 Å². The van der Waals surface area contributed by atoms with Crippen LogP contribution in [0.5, 0.6) is 0 Å². The van der Waals surface area contributed by atoms with Crippen LogP contribution in [0.4, 0.5) is 14.6 Å². The van der Waals surface area contributed by atoms with Crippen LogP contribution in [0.25, 0.3) is 0 Å². The molecule has 0 amide bonds. The Bertz CT molecular complexity index is 318. The summed E-state index contributed by atoms with van der Waals surface area (Å²) in [6.45, 7) is 0. The third kappa shape index (κ3) is 2.37. The molecule has 1 aromatic heterocycles. The molecular weight excluding hydrogens is 310 g/mol. The topological polar surface area (TPSA) is 38.9 Å². The second-order valence-corrected chi connectivity index (χ2v) is 3.74. The van der Waals surface area contributed by atoms with Crippen LogP contribution in [-0.2, 0) is 5.33 Å². The van der Waals surface area contributed by atoms with E-state index in [1.165, 1.54) is 6.07 Å². The molecule has 13 heavy (non-hydrogen) atoms. The minimum Gasteiger partial charge on any atom is -0.384 e. The molecule has 0 spiro atoms. The number of nitrogens with two attached hydrogens (primary N) is 1. The Hall–Kier alpha value is -0.230. The van der Waals surface area contributed by atoms with E-state index in [-0.39, 0.29) is 22.4 Å². The van der Waals surface area contributed by atoms with E-state index >= 15 is 0 Å². The van der Waals surface area contributed by atoms with Gasteiger partial charge in [0.05, 0.1) is 11.3 Å². The van der Waals surface area contributed by atoms with E-state index in [2.05, 4.69) is 36.8 Å². The quantitative estimate of drug-likeness (QED) is 0.851. The van der Waals surface area contributed by atoms with Crippen molar-refractivity contribution in [1.29, 1.82) is 0 Å². The molecule has 2 N–H and O–H groups in total. The first-order valence-corrected chi connectivity index (χ1v) is 5.26. The van der Waals surface area contributed by atoms with Crippen molar-refractivity contribution in [3.63, 3.8) is 0 Å². The van der Waals surface area contributed by atoms with Crippen molar-refractivity contribution in [3.05, 3.63) is 21.8 Å². The van der Waals surface area contributed by atoms with Crippen LogP contribution < -0.4 is 5.73 Å². The lowest BCUT2D eigenvalue weighted by molar-refractivity contribution is 0.149. The molecule has 0 saturated heterocycles. The maximum atomic E-state index is 12.5. The van der Waals surface area contributed by atoms with Gasteiger partial charge in [-0.2, -0.15) is 0 Å². The number of hydrogen-bond acceptors (Lipinski definition) is 2. The number of halogens is 4. The Morgan fingerprint density at radius 3 is 2.62 bits per heavy atom. The first kappa shape index (κ1) is 10.8. The summed E-state index contributed by atoms with van der Waals surface area (Å²) in [6.07, 6.45) is -2.55. The highest BCUT2D eigenvalue weighted by molar-refractivity contribution is 9.10. The second kappa shape index (κ2) is 4.32. The molecule has 2 nitrogen and oxygen atoms in total. The third-order valence-electron chi connectivity index (χ3n) is 1.45. The Morgan fingerprint density at radius 1 is 1.54 bits per heavy atom. The predicted octanol–water partition coefficient (Wildman–Crippen LogP) is 3.26. The van der Waals surface area contributed by atoms with Gasteiger partial charge in [-0.05, 0) is 6.07 Å². The molecule has 0 fully saturated rings. The summed E-state index contributed by atoms with van der Waals surface area (Å²) in [5, 5.41) is 0.260. The molecule has 1 heterocycles. The molecule has 0 aliphatic heterocycles. The molecule has 0 aliphatic carbocycles. The van der Waals surface area contributed by atoms with Crippen LogP contribution >= 0.6 is 31.9 Å². The fourth-order valence-electron chi connectivity index (χ4n) is 0.926. The van der Waals surface area contributed by atoms with Crippen LogP contribution in [0.15, 0.2) is 10.5 Å². The fraction of sp³-hybridized carbons (Fsp3) is 0.286. The van der Waals surface area contributed by atoms with Crippen molar-refractivity contribution < 1.29 is 8.78 Å². The van der Waals surface area contributed by atoms with E-state index in [0.717, 1.165) is 0 Å². The number of aromatic nitrogens is 1. The average molecular weight is 316 g/mol. The minimum absolute atomic E-state index is 0.105. The van der Waals surface area contributed by atoms with Gasteiger partial charge in [-0.25, -0.2) is 13.8 Å². The van der Waals surface area contributed by atoms with Crippen molar-refractivity contribution in [1.82, 2.24) is 4.98 Å². The SMILES string of the molecule is Nc1cc(Br)c(C(F)F)c(CBr)n1. The fourth-order valence-corrected chi connectivity index (χ4v) is 1.99. The summed E-state index contributed by atoms with van der Waals surface area (Å²) in [7, 11) is 0. The largest absolute Gasteiger partial charge is 0.384 e. The highest BCUT2D eigenvalue weighted by atomic mass is 79.9. The van der Waals surface area contributed by atoms with Crippen molar-refractivity contribution in [2.24, 2.45) is 0 Å². The molecule has 0 atom stereocenters. The van der Waals surface area contributed by atoms with Gasteiger partial charge in [-0.3, -0.25) is 0 Å². The lowest BCUT2D eigenvalue weighted by Crippen LogP contribution is -2.01. The zero-order valence-electron chi connectivity index (χ0n) is 6.40. The van der Waals surface area contributed by atoms with Crippen LogP contribution in [0.3, 0.4) is 0 Å². The third-order valence-corrected chi connectivity index (χ3v) is 2.64. The highest BCUT2D eigenvalue weighted by Crippen LogP contribution is 2.31. The average Bonchev–Trinajstić information content (AvgIpc) is 2.01. The van der Waals surface area contributed by atoms with E-state index in [4.69, 9.17) is 5.73 Å². The van der Waals surface area contributed by atoms with Gasteiger partial charge in [0.2, 0.25) is 0 Å². The first-order valence-electron chi connectivity index (χ1n) is 3.35. The van der Waals surface area contributed by atoms with Crippen molar-refractivity contribution in [2.75, 3.05) is 5.73 Å². The number of anilines is 1. The molecular formula is C7H6Br2F2N2. The van der Waals surface area contributed by atoms with Gasteiger partial charge in [-0.1, -0.05) is 31.9 Å². The number of nitrogens with zero attached hydrogens (tertiary/aromatic N) is 1. The van der Waals surface area contributed by atoms with Crippen LogP contribution in [0.2, 0.25) is 0 Å². The molecule has 6 heteroatoms. The summed E-state index contributed by atoms with van der Waals surface area (Å²) >= 11 is 6.09. The van der Waals surface area contributed by atoms with E-state index in [1.54, 1.807) is 0 Å². The van der Waals surface area contributed by atoms with Crippen LogP contribution in [-0.4, -0.2) is 4.98 Å². The van der Waals surface area contributed by atoms with Gasteiger partial charge < -0.3 is 5.73 Å². The van der Waals surface area contributed by atoms with Crippen molar-refractivity contribution in [3.8, 4) is 0 Å². The predicted molar refractivity (Wildman–Crippen MR) is 53.9 cm³/mol. The van der Waals surface area contributed by atoms with E-state index < -0.39 is 6.43 Å². The summed E-state index contributed by atoms with van der Waals surface area (Å²) < 4.78 is 25.2.